The average Bonchev–Trinajstić information content (AvgIpc) is 2.53. The maximum absolute atomic E-state index is 12.4. The van der Waals surface area contributed by atoms with Crippen molar-refractivity contribution >= 4 is 17.5 Å². The van der Waals surface area contributed by atoms with Gasteiger partial charge in [0.25, 0.3) is 5.91 Å². The van der Waals surface area contributed by atoms with E-state index in [9.17, 15) is 9.59 Å². The topological polar surface area (TPSA) is 58.2 Å². The Morgan fingerprint density at radius 3 is 1.95 bits per heavy atom. The van der Waals surface area contributed by atoms with Crippen LogP contribution in [0.5, 0.6) is 0 Å². The number of amides is 2. The van der Waals surface area contributed by atoms with Crippen LogP contribution in [0.25, 0.3) is 0 Å². The lowest BCUT2D eigenvalue weighted by Crippen LogP contribution is -2.47. The maximum atomic E-state index is 12.4. The third-order valence-electron chi connectivity index (χ3n) is 3.31. The Hall–Kier alpha value is -2.62. The van der Waals surface area contributed by atoms with Crippen LogP contribution in [-0.2, 0) is 4.79 Å². The summed E-state index contributed by atoms with van der Waals surface area (Å²) in [7, 11) is 0. The van der Waals surface area contributed by atoms with Crippen LogP contribution in [0.4, 0.5) is 5.69 Å². The molecular weight excluding hydrogens is 276 g/mol. The van der Waals surface area contributed by atoms with Gasteiger partial charge in [-0.2, -0.15) is 0 Å². The van der Waals surface area contributed by atoms with Crippen LogP contribution in [-0.4, -0.2) is 17.9 Å². The van der Waals surface area contributed by atoms with Crippen LogP contribution in [0.15, 0.2) is 60.7 Å². The third-order valence-corrected chi connectivity index (χ3v) is 3.31. The number of para-hydroxylation sites is 1. The molecule has 0 saturated carbocycles. The molecular formula is C18H20N2O2. The molecule has 2 rings (SSSR count). The van der Waals surface area contributed by atoms with Crippen molar-refractivity contribution < 1.29 is 9.59 Å². The number of hydrogen-bond donors (Lipinski definition) is 2. The van der Waals surface area contributed by atoms with Gasteiger partial charge in [0.15, 0.2) is 0 Å². The fraction of sp³-hybridized carbons (Fsp3) is 0.222. The second kappa shape index (κ2) is 7.41. The SMILES string of the molecule is CC(C)[C@H](NC(=O)c1ccccc1)C(=O)Nc1ccccc1. The first kappa shape index (κ1) is 15.8. The molecule has 0 bridgehead atoms. The third kappa shape index (κ3) is 4.19. The summed E-state index contributed by atoms with van der Waals surface area (Å²) in [6, 6.07) is 17.5. The van der Waals surface area contributed by atoms with E-state index in [4.69, 9.17) is 0 Å². The highest BCUT2D eigenvalue weighted by Crippen LogP contribution is 2.10. The van der Waals surface area contributed by atoms with Gasteiger partial charge in [-0.15, -0.1) is 0 Å². The van der Waals surface area contributed by atoms with Gasteiger partial charge < -0.3 is 10.6 Å². The number of anilines is 1. The first-order chi connectivity index (χ1) is 10.6. The van der Waals surface area contributed by atoms with E-state index in [0.717, 1.165) is 0 Å². The zero-order valence-electron chi connectivity index (χ0n) is 12.7. The predicted molar refractivity (Wildman–Crippen MR) is 87.6 cm³/mol. The molecule has 22 heavy (non-hydrogen) atoms. The van der Waals surface area contributed by atoms with Crippen LogP contribution in [0.3, 0.4) is 0 Å². The molecule has 4 heteroatoms. The first-order valence-corrected chi connectivity index (χ1v) is 7.29. The molecule has 0 unspecified atom stereocenters. The van der Waals surface area contributed by atoms with Gasteiger partial charge in [-0.3, -0.25) is 9.59 Å². The normalized spacial score (nSPS) is 11.8. The molecule has 4 nitrogen and oxygen atoms in total. The van der Waals surface area contributed by atoms with Crippen molar-refractivity contribution in [2.45, 2.75) is 19.9 Å². The maximum Gasteiger partial charge on any atom is 0.251 e. The van der Waals surface area contributed by atoms with E-state index in [1.807, 2.05) is 50.2 Å². The number of carbonyl (C=O) groups excluding carboxylic acids is 2. The summed E-state index contributed by atoms with van der Waals surface area (Å²) in [5.74, 6) is -0.482. The number of carbonyl (C=O) groups is 2. The summed E-state index contributed by atoms with van der Waals surface area (Å²) in [6.45, 7) is 3.81. The minimum absolute atomic E-state index is 0.0172. The molecule has 0 radical (unpaired) electrons. The smallest absolute Gasteiger partial charge is 0.251 e. The number of nitrogens with one attached hydrogen (secondary N) is 2. The highest BCUT2D eigenvalue weighted by Gasteiger charge is 2.24. The molecule has 0 aliphatic carbocycles. The van der Waals surface area contributed by atoms with Gasteiger partial charge in [0.05, 0.1) is 0 Å². The predicted octanol–water partition coefficient (Wildman–Crippen LogP) is 3.08. The molecule has 1 atom stereocenters. The van der Waals surface area contributed by atoms with Gasteiger partial charge in [0, 0.05) is 11.3 Å². The van der Waals surface area contributed by atoms with E-state index in [2.05, 4.69) is 10.6 Å². The summed E-state index contributed by atoms with van der Waals surface area (Å²) in [4.78, 5) is 24.6. The number of rotatable bonds is 5. The van der Waals surface area contributed by atoms with Gasteiger partial charge in [0.1, 0.15) is 6.04 Å². The Morgan fingerprint density at radius 2 is 1.41 bits per heavy atom. The molecule has 0 aliphatic rings. The summed E-state index contributed by atoms with van der Waals surface area (Å²) >= 11 is 0. The second-order valence-corrected chi connectivity index (χ2v) is 5.42. The van der Waals surface area contributed by atoms with Crippen LogP contribution in [0.2, 0.25) is 0 Å². The van der Waals surface area contributed by atoms with Crippen molar-refractivity contribution in [2.75, 3.05) is 5.32 Å². The Morgan fingerprint density at radius 1 is 0.864 bits per heavy atom. The Labute approximate surface area is 130 Å². The van der Waals surface area contributed by atoms with Crippen LogP contribution in [0, 0.1) is 5.92 Å². The lowest BCUT2D eigenvalue weighted by Gasteiger charge is -2.21. The van der Waals surface area contributed by atoms with E-state index in [1.165, 1.54) is 0 Å². The molecule has 0 spiro atoms. The Bertz CT molecular complexity index is 624. The summed E-state index contributed by atoms with van der Waals surface area (Å²) in [5.41, 5.74) is 1.26. The molecule has 0 saturated heterocycles. The lowest BCUT2D eigenvalue weighted by atomic mass is 10.0. The van der Waals surface area contributed by atoms with Crippen molar-refractivity contribution in [2.24, 2.45) is 5.92 Å². The Kier molecular flexibility index (Phi) is 5.31. The molecule has 2 aromatic rings. The van der Waals surface area contributed by atoms with Crippen molar-refractivity contribution in [3.8, 4) is 0 Å². The molecule has 0 aliphatic heterocycles. The minimum Gasteiger partial charge on any atom is -0.340 e. The average molecular weight is 296 g/mol. The van der Waals surface area contributed by atoms with Gasteiger partial charge in [-0.25, -0.2) is 0 Å². The molecule has 0 heterocycles. The number of benzene rings is 2. The molecule has 2 amide bonds. The molecule has 2 aromatic carbocycles. The van der Waals surface area contributed by atoms with Gasteiger partial charge >= 0.3 is 0 Å². The highest BCUT2D eigenvalue weighted by molar-refractivity contribution is 6.01. The second-order valence-electron chi connectivity index (χ2n) is 5.42. The molecule has 114 valence electrons. The standard InChI is InChI=1S/C18H20N2O2/c1-13(2)16(18(22)19-15-11-7-4-8-12-15)20-17(21)14-9-5-3-6-10-14/h3-13,16H,1-2H3,(H,19,22)(H,20,21)/t16-/m0/s1. The number of hydrogen-bond acceptors (Lipinski definition) is 2. The quantitative estimate of drug-likeness (QED) is 0.891. The van der Waals surface area contributed by atoms with Gasteiger partial charge in [-0.1, -0.05) is 50.2 Å². The summed E-state index contributed by atoms with van der Waals surface area (Å²) in [5, 5.41) is 5.63. The molecule has 2 N–H and O–H groups in total. The molecule has 0 fully saturated rings. The van der Waals surface area contributed by atoms with Crippen LogP contribution < -0.4 is 10.6 Å². The van der Waals surface area contributed by atoms with E-state index in [1.54, 1.807) is 24.3 Å². The van der Waals surface area contributed by atoms with Gasteiger partial charge in [-0.05, 0) is 30.2 Å². The van der Waals surface area contributed by atoms with E-state index in [0.29, 0.717) is 11.3 Å². The highest BCUT2D eigenvalue weighted by atomic mass is 16.2. The van der Waals surface area contributed by atoms with Gasteiger partial charge in [0.2, 0.25) is 5.91 Å². The van der Waals surface area contributed by atoms with E-state index in [-0.39, 0.29) is 17.7 Å². The summed E-state index contributed by atoms with van der Waals surface area (Å²) < 4.78 is 0. The van der Waals surface area contributed by atoms with E-state index >= 15 is 0 Å². The lowest BCUT2D eigenvalue weighted by molar-refractivity contribution is -0.118. The molecule has 0 aromatic heterocycles. The summed E-state index contributed by atoms with van der Waals surface area (Å²) in [6.07, 6.45) is 0. The first-order valence-electron chi connectivity index (χ1n) is 7.29. The van der Waals surface area contributed by atoms with E-state index < -0.39 is 6.04 Å². The zero-order chi connectivity index (χ0) is 15.9. The fourth-order valence-corrected chi connectivity index (χ4v) is 2.09. The fourth-order valence-electron chi connectivity index (χ4n) is 2.09. The Balaban J connectivity index is 2.06. The zero-order valence-corrected chi connectivity index (χ0v) is 12.7. The van der Waals surface area contributed by atoms with Crippen molar-refractivity contribution in [3.05, 3.63) is 66.2 Å². The van der Waals surface area contributed by atoms with Crippen LogP contribution in [0.1, 0.15) is 24.2 Å². The van der Waals surface area contributed by atoms with Crippen molar-refractivity contribution in [1.82, 2.24) is 5.32 Å². The van der Waals surface area contributed by atoms with Crippen molar-refractivity contribution in [3.63, 3.8) is 0 Å². The van der Waals surface area contributed by atoms with Crippen LogP contribution >= 0.6 is 0 Å². The monoisotopic (exact) mass is 296 g/mol. The largest absolute Gasteiger partial charge is 0.340 e. The minimum atomic E-state index is -0.590. The van der Waals surface area contributed by atoms with Crippen molar-refractivity contribution in [1.29, 1.82) is 0 Å².